The lowest BCUT2D eigenvalue weighted by Crippen LogP contribution is -2.24. The fraction of sp³-hybridized carbons (Fsp3) is 0.0526. The van der Waals surface area contributed by atoms with Crippen molar-refractivity contribution in [3.63, 3.8) is 0 Å². The van der Waals surface area contributed by atoms with Crippen LogP contribution in [-0.2, 0) is 5.41 Å². The second kappa shape index (κ2) is 12.2. The topological polar surface area (TPSA) is 19.6 Å². The summed E-state index contributed by atoms with van der Waals surface area (Å²) in [6, 6.07) is 71.0. The van der Waals surface area contributed by atoms with Gasteiger partial charge in [-0.2, -0.15) is 0 Å². The predicted molar refractivity (Wildman–Crippen MR) is 254 cm³/mol. The van der Waals surface area contributed by atoms with E-state index >= 15 is 0 Å². The predicted octanol–water partition coefficient (Wildman–Crippen LogP) is 16.4. The molecule has 12 aromatic rings. The molecule has 1 aliphatic carbocycles. The van der Waals surface area contributed by atoms with Crippen LogP contribution in [0.1, 0.15) is 25.0 Å². The Morgan fingerprint density at radius 3 is 1.53 bits per heavy atom. The highest BCUT2D eigenvalue weighted by atomic mass is 16.3. The zero-order valence-electron chi connectivity index (χ0n) is 33.3. The van der Waals surface area contributed by atoms with E-state index in [0.29, 0.717) is 0 Å². The van der Waals surface area contributed by atoms with Crippen LogP contribution in [0.4, 0.5) is 34.1 Å². The number of nitrogens with zero attached hydrogens (tertiary/aromatic N) is 2. The van der Waals surface area contributed by atoms with Crippen LogP contribution < -0.4 is 9.80 Å². The third-order valence-corrected chi connectivity index (χ3v) is 13.3. The van der Waals surface area contributed by atoms with E-state index in [1.165, 1.54) is 76.4 Å². The van der Waals surface area contributed by atoms with Gasteiger partial charge in [-0.3, -0.25) is 0 Å². The normalized spacial score (nSPS) is 13.3. The Labute approximate surface area is 347 Å². The highest BCUT2D eigenvalue weighted by Crippen LogP contribution is 2.59. The number of fused-ring (bicyclic) bond motifs is 4. The number of para-hydroxylation sites is 4. The molecule has 13 rings (SSSR count). The molecule has 0 aliphatic heterocycles. The molecule has 1 heterocycles. The minimum absolute atomic E-state index is 0.327. The molecule has 1 aromatic heterocycles. The first-order valence-electron chi connectivity index (χ1n) is 20.9. The van der Waals surface area contributed by atoms with E-state index < -0.39 is 0 Å². The number of hydrogen-bond donors (Lipinski definition) is 0. The van der Waals surface area contributed by atoms with Crippen LogP contribution in [0.2, 0.25) is 0 Å². The van der Waals surface area contributed by atoms with Gasteiger partial charge in [-0.15, -0.1) is 0 Å². The number of benzene rings is 11. The van der Waals surface area contributed by atoms with E-state index in [-0.39, 0.29) is 5.41 Å². The van der Waals surface area contributed by atoms with Crippen molar-refractivity contribution in [1.82, 2.24) is 0 Å². The molecular formula is C57H38N2O. The van der Waals surface area contributed by atoms with Gasteiger partial charge < -0.3 is 14.2 Å². The van der Waals surface area contributed by atoms with Crippen LogP contribution in [0.25, 0.3) is 75.8 Å². The van der Waals surface area contributed by atoms with E-state index in [1.54, 1.807) is 0 Å². The van der Waals surface area contributed by atoms with E-state index in [2.05, 4.69) is 212 Å². The highest BCUT2D eigenvalue weighted by molar-refractivity contribution is 6.43. The van der Waals surface area contributed by atoms with Crippen LogP contribution in [0, 0.1) is 0 Å². The SMILES string of the molecule is CC1(C)c2cccc3c(N(c4ccccc4)c4ccccc4)c4cccc5c6cccc7c(N(c8ccccc8)c8ccc9oc%10ccccc%10c9c8)cc1c(c76)c(c23)c45. The minimum atomic E-state index is -0.327. The molecule has 0 fully saturated rings. The number of hydrogen-bond acceptors (Lipinski definition) is 3. The van der Waals surface area contributed by atoms with Gasteiger partial charge in [-0.25, -0.2) is 0 Å². The second-order valence-electron chi connectivity index (χ2n) is 16.8. The summed E-state index contributed by atoms with van der Waals surface area (Å²) in [5, 5.41) is 15.3. The molecule has 0 saturated heterocycles. The van der Waals surface area contributed by atoms with Crippen molar-refractivity contribution in [2.24, 2.45) is 0 Å². The zero-order valence-corrected chi connectivity index (χ0v) is 33.3. The Kier molecular flexibility index (Phi) is 6.78. The Morgan fingerprint density at radius 2 is 0.850 bits per heavy atom. The summed E-state index contributed by atoms with van der Waals surface area (Å²) >= 11 is 0. The summed E-state index contributed by atoms with van der Waals surface area (Å²) in [6.45, 7) is 4.86. The van der Waals surface area contributed by atoms with Crippen molar-refractivity contribution >= 4 is 110 Å². The summed E-state index contributed by atoms with van der Waals surface area (Å²) in [5.74, 6) is 0. The fourth-order valence-electron chi connectivity index (χ4n) is 10.7. The van der Waals surface area contributed by atoms with Crippen LogP contribution in [0.15, 0.2) is 199 Å². The molecular weight excluding hydrogens is 729 g/mol. The first kappa shape index (κ1) is 33.4. The van der Waals surface area contributed by atoms with Gasteiger partial charge in [0.25, 0.3) is 0 Å². The van der Waals surface area contributed by atoms with Gasteiger partial charge in [0.2, 0.25) is 0 Å². The van der Waals surface area contributed by atoms with Gasteiger partial charge >= 0.3 is 0 Å². The monoisotopic (exact) mass is 766 g/mol. The largest absolute Gasteiger partial charge is 0.456 e. The second-order valence-corrected chi connectivity index (χ2v) is 16.8. The number of furan rings is 1. The van der Waals surface area contributed by atoms with Crippen LogP contribution in [-0.4, -0.2) is 0 Å². The average molecular weight is 767 g/mol. The maximum atomic E-state index is 6.33. The third-order valence-electron chi connectivity index (χ3n) is 13.3. The highest BCUT2D eigenvalue weighted by Gasteiger charge is 2.37. The lowest BCUT2D eigenvalue weighted by Gasteiger charge is -2.38. The molecule has 0 spiro atoms. The smallest absolute Gasteiger partial charge is 0.135 e. The minimum Gasteiger partial charge on any atom is -0.456 e. The van der Waals surface area contributed by atoms with Gasteiger partial charge in [0.15, 0.2) is 0 Å². The first-order chi connectivity index (χ1) is 29.6. The van der Waals surface area contributed by atoms with Crippen molar-refractivity contribution in [2.45, 2.75) is 19.3 Å². The lowest BCUT2D eigenvalue weighted by atomic mass is 9.67. The van der Waals surface area contributed by atoms with Crippen LogP contribution >= 0.6 is 0 Å². The van der Waals surface area contributed by atoms with E-state index in [4.69, 9.17) is 4.42 Å². The van der Waals surface area contributed by atoms with Crippen LogP contribution in [0.5, 0.6) is 0 Å². The maximum Gasteiger partial charge on any atom is 0.135 e. The van der Waals surface area contributed by atoms with E-state index in [0.717, 1.165) is 44.7 Å². The quantitative estimate of drug-likeness (QED) is 0.124. The molecule has 0 unspecified atom stereocenters. The average Bonchev–Trinajstić information content (AvgIpc) is 3.67. The van der Waals surface area contributed by atoms with Crippen molar-refractivity contribution in [3.8, 4) is 0 Å². The zero-order chi connectivity index (χ0) is 39.7. The standard InChI is InChI=1S/C57H38N2O/c1-57(2)46-29-16-28-44-53(46)55-52-41(25-15-27-43(52)56(44)59(36-19-8-4-9-20-36)37-21-10-5-11-22-37)40-24-14-26-42-48(34-47(57)54(55)51(40)42)58(35-17-6-3-7-18-35)38-31-32-50-45(33-38)39-23-12-13-30-49(39)60-50/h3-34H,1-2H3. The summed E-state index contributed by atoms with van der Waals surface area (Å²) in [7, 11) is 0. The van der Waals surface area contributed by atoms with Crippen molar-refractivity contribution in [2.75, 3.05) is 9.80 Å². The van der Waals surface area contributed by atoms with Gasteiger partial charge in [0, 0.05) is 60.5 Å². The van der Waals surface area contributed by atoms with Gasteiger partial charge in [0.05, 0.1) is 11.4 Å². The molecule has 11 aromatic carbocycles. The van der Waals surface area contributed by atoms with Gasteiger partial charge in [-0.05, 0) is 110 Å². The Balaban J connectivity index is 1.19. The summed E-state index contributed by atoms with van der Waals surface area (Å²) in [5.41, 5.74) is 11.0. The molecule has 3 heteroatoms. The summed E-state index contributed by atoms with van der Waals surface area (Å²) in [4.78, 5) is 4.94. The summed E-state index contributed by atoms with van der Waals surface area (Å²) in [6.07, 6.45) is 0. The van der Waals surface area contributed by atoms with Crippen LogP contribution in [0.3, 0.4) is 0 Å². The lowest BCUT2D eigenvalue weighted by molar-refractivity contribution is 0.652. The summed E-state index contributed by atoms with van der Waals surface area (Å²) < 4.78 is 6.33. The molecule has 0 N–H and O–H groups in total. The molecule has 0 amide bonds. The third kappa shape index (κ3) is 4.44. The maximum absolute atomic E-state index is 6.33. The molecule has 0 saturated carbocycles. The van der Waals surface area contributed by atoms with Gasteiger partial charge in [0.1, 0.15) is 11.2 Å². The Hall–Kier alpha value is -7.62. The first-order valence-corrected chi connectivity index (χ1v) is 20.9. The fourth-order valence-corrected chi connectivity index (χ4v) is 10.7. The Bertz CT molecular complexity index is 3640. The van der Waals surface area contributed by atoms with Crippen molar-refractivity contribution in [1.29, 1.82) is 0 Å². The molecule has 1 aliphatic rings. The van der Waals surface area contributed by atoms with Gasteiger partial charge in [-0.1, -0.05) is 141 Å². The Morgan fingerprint density at radius 1 is 0.333 bits per heavy atom. The molecule has 0 radical (unpaired) electrons. The van der Waals surface area contributed by atoms with E-state index in [1.807, 2.05) is 6.07 Å². The molecule has 3 nitrogen and oxygen atoms in total. The molecule has 0 atom stereocenters. The molecule has 0 bridgehead atoms. The number of anilines is 6. The molecule has 282 valence electrons. The van der Waals surface area contributed by atoms with Crippen molar-refractivity contribution < 1.29 is 4.42 Å². The molecule has 60 heavy (non-hydrogen) atoms. The van der Waals surface area contributed by atoms with E-state index in [9.17, 15) is 0 Å². The number of rotatable bonds is 6. The van der Waals surface area contributed by atoms with Crippen molar-refractivity contribution in [3.05, 3.63) is 205 Å².